The lowest BCUT2D eigenvalue weighted by Gasteiger charge is -2.30. The van der Waals surface area contributed by atoms with E-state index >= 15 is 0 Å². The molecular formula is C16H24FNO2. The average Bonchev–Trinajstić information content (AvgIpc) is 2.39. The molecule has 0 aliphatic carbocycles. The van der Waals surface area contributed by atoms with Gasteiger partial charge in [0.15, 0.2) is 0 Å². The fourth-order valence-electron chi connectivity index (χ4n) is 2.50. The van der Waals surface area contributed by atoms with Crippen LogP contribution in [0.4, 0.5) is 4.39 Å². The van der Waals surface area contributed by atoms with E-state index in [9.17, 15) is 4.39 Å². The minimum atomic E-state index is -1.39. The van der Waals surface area contributed by atoms with E-state index in [1.807, 2.05) is 32.0 Å². The summed E-state index contributed by atoms with van der Waals surface area (Å²) in [5.74, 6) is 0.717. The molecule has 1 N–H and O–H groups in total. The summed E-state index contributed by atoms with van der Waals surface area (Å²) in [5, 5.41) is 3.30. The van der Waals surface area contributed by atoms with Gasteiger partial charge in [0.25, 0.3) is 0 Å². The molecule has 2 rings (SSSR count). The summed E-state index contributed by atoms with van der Waals surface area (Å²) in [5.41, 5.74) is -0.739. The smallest absolute Gasteiger partial charge is 0.134 e. The number of rotatable bonds is 5. The van der Waals surface area contributed by atoms with Crippen LogP contribution in [0.25, 0.3) is 0 Å². The van der Waals surface area contributed by atoms with E-state index in [0.717, 1.165) is 6.54 Å². The van der Waals surface area contributed by atoms with Gasteiger partial charge in [-0.1, -0.05) is 12.1 Å². The summed E-state index contributed by atoms with van der Waals surface area (Å²) in [6, 6.07) is 7.38. The fourth-order valence-corrected chi connectivity index (χ4v) is 2.50. The summed E-state index contributed by atoms with van der Waals surface area (Å²) in [6.45, 7) is 7.61. The first kappa shape index (κ1) is 15.3. The molecule has 3 nitrogen and oxygen atoms in total. The Bertz CT molecular complexity index is 428. The van der Waals surface area contributed by atoms with Crippen LogP contribution in [0.3, 0.4) is 0 Å². The Morgan fingerprint density at radius 1 is 1.50 bits per heavy atom. The largest absolute Gasteiger partial charge is 0.491 e. The first-order valence-corrected chi connectivity index (χ1v) is 7.24. The van der Waals surface area contributed by atoms with Crippen molar-refractivity contribution >= 4 is 0 Å². The van der Waals surface area contributed by atoms with Gasteiger partial charge >= 0.3 is 0 Å². The summed E-state index contributed by atoms with van der Waals surface area (Å²) in [4.78, 5) is 0. The van der Waals surface area contributed by atoms with Crippen molar-refractivity contribution in [2.75, 3.05) is 19.8 Å². The van der Waals surface area contributed by atoms with Crippen LogP contribution in [0.15, 0.2) is 24.3 Å². The number of ether oxygens (including phenoxy) is 2. The molecule has 1 fully saturated rings. The highest BCUT2D eigenvalue weighted by molar-refractivity contribution is 5.32. The fraction of sp³-hybridized carbons (Fsp3) is 0.625. The van der Waals surface area contributed by atoms with Crippen LogP contribution >= 0.6 is 0 Å². The normalized spacial score (nSPS) is 22.6. The number of benzene rings is 1. The van der Waals surface area contributed by atoms with Gasteiger partial charge in [0.05, 0.1) is 19.3 Å². The van der Waals surface area contributed by atoms with Crippen molar-refractivity contribution in [1.29, 1.82) is 0 Å². The van der Waals surface area contributed by atoms with Gasteiger partial charge in [-0.05, 0) is 38.5 Å². The molecule has 0 spiro atoms. The van der Waals surface area contributed by atoms with E-state index in [2.05, 4.69) is 5.32 Å². The highest BCUT2D eigenvalue weighted by Gasteiger charge is 2.31. The topological polar surface area (TPSA) is 30.5 Å². The Hall–Kier alpha value is -1.13. The molecule has 112 valence electrons. The van der Waals surface area contributed by atoms with E-state index in [-0.39, 0.29) is 12.1 Å². The van der Waals surface area contributed by atoms with Gasteiger partial charge < -0.3 is 14.8 Å². The predicted octanol–water partition coefficient (Wildman–Crippen LogP) is 3.04. The minimum absolute atomic E-state index is 0.0634. The van der Waals surface area contributed by atoms with Crippen LogP contribution in [-0.2, 0) is 10.4 Å². The molecule has 4 heteroatoms. The Labute approximate surface area is 120 Å². The third kappa shape index (κ3) is 4.18. The monoisotopic (exact) mass is 281 g/mol. The van der Waals surface area contributed by atoms with Gasteiger partial charge in [-0.25, -0.2) is 4.39 Å². The summed E-state index contributed by atoms with van der Waals surface area (Å²) in [7, 11) is 0. The van der Waals surface area contributed by atoms with E-state index < -0.39 is 5.67 Å². The second-order valence-electron chi connectivity index (χ2n) is 5.82. The van der Waals surface area contributed by atoms with E-state index in [4.69, 9.17) is 9.47 Å². The molecule has 1 saturated heterocycles. The van der Waals surface area contributed by atoms with E-state index in [0.29, 0.717) is 30.9 Å². The number of hydrogen-bond donors (Lipinski definition) is 1. The van der Waals surface area contributed by atoms with Gasteiger partial charge in [0, 0.05) is 19.0 Å². The maximum atomic E-state index is 15.0. The molecule has 0 saturated carbocycles. The quantitative estimate of drug-likeness (QED) is 0.900. The van der Waals surface area contributed by atoms with Crippen molar-refractivity contribution in [3.63, 3.8) is 0 Å². The Balaban J connectivity index is 2.07. The van der Waals surface area contributed by atoms with E-state index in [1.165, 1.54) is 0 Å². The SMILES string of the molecule is CC(C)Oc1cccc(C(C)(F)CC2COCCN2)c1. The van der Waals surface area contributed by atoms with Crippen molar-refractivity contribution in [2.24, 2.45) is 0 Å². The number of alkyl halides is 1. The van der Waals surface area contributed by atoms with Crippen molar-refractivity contribution in [3.05, 3.63) is 29.8 Å². The maximum absolute atomic E-state index is 15.0. The first-order chi connectivity index (χ1) is 9.47. The molecule has 1 aromatic rings. The van der Waals surface area contributed by atoms with E-state index in [1.54, 1.807) is 13.0 Å². The molecule has 0 radical (unpaired) electrons. The summed E-state index contributed by atoms with van der Waals surface area (Å²) >= 11 is 0. The van der Waals surface area contributed by atoms with Gasteiger partial charge in [-0.15, -0.1) is 0 Å². The third-order valence-electron chi connectivity index (χ3n) is 3.44. The van der Waals surface area contributed by atoms with Crippen LogP contribution in [0.2, 0.25) is 0 Å². The molecular weight excluding hydrogens is 257 g/mol. The van der Waals surface area contributed by atoms with Crippen LogP contribution in [-0.4, -0.2) is 31.9 Å². The zero-order valence-electron chi connectivity index (χ0n) is 12.5. The van der Waals surface area contributed by atoms with Crippen LogP contribution in [0.5, 0.6) is 5.75 Å². The van der Waals surface area contributed by atoms with Crippen LogP contribution < -0.4 is 10.1 Å². The van der Waals surface area contributed by atoms with Crippen molar-refractivity contribution in [1.82, 2.24) is 5.32 Å². The maximum Gasteiger partial charge on any atom is 0.134 e. The summed E-state index contributed by atoms with van der Waals surface area (Å²) < 4.78 is 26.0. The zero-order valence-corrected chi connectivity index (χ0v) is 12.5. The van der Waals surface area contributed by atoms with Crippen LogP contribution in [0.1, 0.15) is 32.8 Å². The standard InChI is InChI=1S/C16H24FNO2/c1-12(2)20-15-6-4-5-13(9-15)16(3,17)10-14-11-19-8-7-18-14/h4-6,9,12,14,18H,7-8,10-11H2,1-3H3. The molecule has 0 aromatic heterocycles. The molecule has 0 amide bonds. The number of halogens is 1. The third-order valence-corrected chi connectivity index (χ3v) is 3.44. The number of hydrogen-bond acceptors (Lipinski definition) is 3. The van der Waals surface area contributed by atoms with Gasteiger partial charge in [0.1, 0.15) is 11.4 Å². The lowest BCUT2D eigenvalue weighted by Crippen LogP contribution is -2.44. The lowest BCUT2D eigenvalue weighted by molar-refractivity contribution is 0.0473. The van der Waals surface area contributed by atoms with Gasteiger partial charge in [-0.3, -0.25) is 0 Å². The number of nitrogens with one attached hydrogen (secondary N) is 1. The molecule has 2 atom stereocenters. The van der Waals surface area contributed by atoms with Gasteiger partial charge in [0.2, 0.25) is 0 Å². The molecule has 1 heterocycles. The van der Waals surface area contributed by atoms with Crippen LogP contribution in [0, 0.1) is 0 Å². The van der Waals surface area contributed by atoms with Crippen molar-refractivity contribution in [2.45, 2.75) is 45.0 Å². The highest BCUT2D eigenvalue weighted by Crippen LogP contribution is 2.33. The molecule has 2 unspecified atom stereocenters. The molecule has 1 aromatic carbocycles. The average molecular weight is 281 g/mol. The Morgan fingerprint density at radius 2 is 2.30 bits per heavy atom. The molecule has 20 heavy (non-hydrogen) atoms. The van der Waals surface area contributed by atoms with Crippen molar-refractivity contribution in [3.8, 4) is 5.75 Å². The second-order valence-corrected chi connectivity index (χ2v) is 5.82. The number of morpholine rings is 1. The molecule has 1 aliphatic heterocycles. The second kappa shape index (κ2) is 6.55. The molecule has 0 bridgehead atoms. The van der Waals surface area contributed by atoms with Gasteiger partial charge in [-0.2, -0.15) is 0 Å². The van der Waals surface area contributed by atoms with Crippen molar-refractivity contribution < 1.29 is 13.9 Å². The highest BCUT2D eigenvalue weighted by atomic mass is 19.1. The predicted molar refractivity (Wildman–Crippen MR) is 77.9 cm³/mol. The summed E-state index contributed by atoms with van der Waals surface area (Å²) in [6.07, 6.45) is 0.488. The Kier molecular flexibility index (Phi) is 5.00. The zero-order chi connectivity index (χ0) is 14.6. The first-order valence-electron chi connectivity index (χ1n) is 7.24. The lowest BCUT2D eigenvalue weighted by atomic mass is 9.90. The minimum Gasteiger partial charge on any atom is -0.491 e. The Morgan fingerprint density at radius 3 is 2.95 bits per heavy atom. The molecule has 1 aliphatic rings.